The second-order valence-electron chi connectivity index (χ2n) is 4.23. The van der Waals surface area contributed by atoms with Crippen LogP contribution in [0, 0.1) is 0 Å². The largest absolute Gasteiger partial charge is 0.438 e. The summed E-state index contributed by atoms with van der Waals surface area (Å²) in [5, 5.41) is 0.904. The van der Waals surface area contributed by atoms with E-state index < -0.39 is 0 Å². The maximum atomic E-state index is 5.86. The number of anilines is 1. The van der Waals surface area contributed by atoms with Crippen LogP contribution in [0.2, 0.25) is 0 Å². The minimum absolute atomic E-state index is 0.229. The van der Waals surface area contributed by atoms with Crippen molar-refractivity contribution in [2.45, 2.75) is 13.3 Å². The van der Waals surface area contributed by atoms with Gasteiger partial charge in [0.2, 0.25) is 11.8 Å². The quantitative estimate of drug-likeness (QED) is 0.761. The number of rotatable bonds is 3. The highest BCUT2D eigenvalue weighted by Gasteiger charge is 2.12. The molecule has 1 aromatic carbocycles. The number of nitrogens with two attached hydrogens (primary N) is 1. The van der Waals surface area contributed by atoms with Crippen LogP contribution in [0.5, 0.6) is 11.6 Å². The third kappa shape index (κ3) is 2.62. The van der Waals surface area contributed by atoms with Crippen LogP contribution < -0.4 is 10.5 Å². The van der Waals surface area contributed by atoms with Gasteiger partial charge in [-0.1, -0.05) is 28.9 Å². The monoisotopic (exact) mass is 349 g/mol. The predicted molar refractivity (Wildman–Crippen MR) is 85.4 cm³/mol. The summed E-state index contributed by atoms with van der Waals surface area (Å²) in [6.45, 7) is 2.11. The lowest BCUT2D eigenvalue weighted by atomic mass is 10.3. The van der Waals surface area contributed by atoms with E-state index in [1.54, 1.807) is 11.3 Å². The Hall–Kier alpha value is -1.66. The fourth-order valence-corrected chi connectivity index (χ4v) is 3.20. The van der Waals surface area contributed by atoms with Gasteiger partial charge in [0.25, 0.3) is 0 Å². The smallest absolute Gasteiger partial charge is 0.232 e. The molecule has 0 aliphatic carbocycles. The molecule has 3 rings (SSSR count). The molecule has 2 heterocycles. The number of ether oxygens (including phenoxy) is 1. The Morgan fingerprint density at radius 1 is 1.30 bits per heavy atom. The molecule has 102 valence electrons. The molecule has 6 heteroatoms. The van der Waals surface area contributed by atoms with E-state index in [1.807, 2.05) is 24.3 Å². The van der Waals surface area contributed by atoms with Crippen molar-refractivity contribution in [2.24, 2.45) is 0 Å². The summed E-state index contributed by atoms with van der Waals surface area (Å²) in [4.78, 5) is 10.6. The molecule has 3 aromatic rings. The number of thiophene rings is 1. The van der Waals surface area contributed by atoms with Crippen molar-refractivity contribution in [2.75, 3.05) is 5.73 Å². The first-order valence-corrected chi connectivity index (χ1v) is 7.76. The Morgan fingerprint density at radius 2 is 2.15 bits per heavy atom. The van der Waals surface area contributed by atoms with Crippen molar-refractivity contribution in [1.29, 1.82) is 0 Å². The minimum Gasteiger partial charge on any atom is -0.438 e. The van der Waals surface area contributed by atoms with Gasteiger partial charge in [-0.05, 0) is 30.7 Å². The SMILES string of the molecule is CCc1cc2c(Oc3cccc(Br)c3)nc(N)nc2s1. The van der Waals surface area contributed by atoms with Crippen molar-refractivity contribution < 1.29 is 4.74 Å². The first-order valence-electron chi connectivity index (χ1n) is 6.15. The van der Waals surface area contributed by atoms with Crippen LogP contribution in [0.3, 0.4) is 0 Å². The summed E-state index contributed by atoms with van der Waals surface area (Å²) in [6, 6.07) is 9.68. The molecule has 0 saturated heterocycles. The molecule has 0 fully saturated rings. The van der Waals surface area contributed by atoms with Gasteiger partial charge in [-0.15, -0.1) is 11.3 Å². The number of aromatic nitrogens is 2. The van der Waals surface area contributed by atoms with Gasteiger partial charge in [0, 0.05) is 9.35 Å². The molecule has 0 bridgehead atoms. The van der Waals surface area contributed by atoms with Gasteiger partial charge in [0.05, 0.1) is 5.39 Å². The van der Waals surface area contributed by atoms with E-state index in [9.17, 15) is 0 Å². The molecule has 4 nitrogen and oxygen atoms in total. The van der Waals surface area contributed by atoms with E-state index in [4.69, 9.17) is 10.5 Å². The zero-order chi connectivity index (χ0) is 14.1. The van der Waals surface area contributed by atoms with Crippen LogP contribution in [-0.2, 0) is 6.42 Å². The standard InChI is InChI=1S/C14H12BrN3OS/c1-2-10-7-11-12(17-14(16)18-13(11)20-10)19-9-5-3-4-8(15)6-9/h3-7H,2H2,1H3,(H2,16,17,18). The van der Waals surface area contributed by atoms with Crippen LogP contribution in [0.4, 0.5) is 5.95 Å². The third-order valence-electron chi connectivity index (χ3n) is 2.79. The van der Waals surface area contributed by atoms with Crippen molar-refractivity contribution >= 4 is 43.4 Å². The van der Waals surface area contributed by atoms with Crippen LogP contribution >= 0.6 is 27.3 Å². The number of nitrogen functional groups attached to an aromatic ring is 1. The van der Waals surface area contributed by atoms with Crippen molar-refractivity contribution in [1.82, 2.24) is 9.97 Å². The Kier molecular flexibility index (Phi) is 3.58. The van der Waals surface area contributed by atoms with Gasteiger partial charge in [0.15, 0.2) is 0 Å². The fourth-order valence-electron chi connectivity index (χ4n) is 1.86. The van der Waals surface area contributed by atoms with Crippen molar-refractivity contribution in [3.63, 3.8) is 0 Å². The van der Waals surface area contributed by atoms with Crippen molar-refractivity contribution in [3.05, 3.63) is 39.7 Å². The third-order valence-corrected chi connectivity index (χ3v) is 4.45. The second-order valence-corrected chi connectivity index (χ2v) is 6.26. The number of hydrogen-bond acceptors (Lipinski definition) is 5. The fraction of sp³-hybridized carbons (Fsp3) is 0.143. The molecule has 0 aliphatic rings. The summed E-state index contributed by atoms with van der Waals surface area (Å²) in [6.07, 6.45) is 0.956. The van der Waals surface area contributed by atoms with Crippen LogP contribution in [0.25, 0.3) is 10.2 Å². The second kappa shape index (κ2) is 5.38. The number of halogens is 1. The summed E-state index contributed by atoms with van der Waals surface area (Å²) >= 11 is 5.04. The van der Waals surface area contributed by atoms with E-state index in [0.29, 0.717) is 11.6 Å². The maximum absolute atomic E-state index is 5.86. The van der Waals surface area contributed by atoms with Gasteiger partial charge < -0.3 is 10.5 Å². The Bertz CT molecular complexity index is 772. The summed E-state index contributed by atoms with van der Waals surface area (Å²) in [5.74, 6) is 1.44. The lowest BCUT2D eigenvalue weighted by molar-refractivity contribution is 0.469. The molecule has 0 spiro atoms. The van der Waals surface area contributed by atoms with Gasteiger partial charge in [0.1, 0.15) is 10.6 Å². The maximum Gasteiger partial charge on any atom is 0.232 e. The molecule has 0 unspecified atom stereocenters. The van der Waals surface area contributed by atoms with E-state index in [1.165, 1.54) is 4.88 Å². The Balaban J connectivity index is 2.08. The van der Waals surface area contributed by atoms with Gasteiger partial charge in [-0.2, -0.15) is 4.98 Å². The lowest BCUT2D eigenvalue weighted by Gasteiger charge is -2.06. The van der Waals surface area contributed by atoms with Gasteiger partial charge in [-0.25, -0.2) is 4.98 Å². The normalized spacial score (nSPS) is 10.9. The number of aryl methyl sites for hydroxylation is 1. The Morgan fingerprint density at radius 3 is 2.90 bits per heavy atom. The van der Waals surface area contributed by atoms with Crippen molar-refractivity contribution in [3.8, 4) is 11.6 Å². The molecule has 0 radical (unpaired) electrons. The molecular formula is C14H12BrN3OS. The van der Waals surface area contributed by atoms with E-state index in [-0.39, 0.29) is 5.95 Å². The highest BCUT2D eigenvalue weighted by Crippen LogP contribution is 2.34. The zero-order valence-corrected chi connectivity index (χ0v) is 13.2. The zero-order valence-electron chi connectivity index (χ0n) is 10.8. The average molecular weight is 350 g/mol. The average Bonchev–Trinajstić information content (AvgIpc) is 2.82. The molecule has 0 amide bonds. The topological polar surface area (TPSA) is 61.0 Å². The lowest BCUT2D eigenvalue weighted by Crippen LogP contribution is -1.97. The van der Waals surface area contributed by atoms with E-state index in [2.05, 4.69) is 38.9 Å². The minimum atomic E-state index is 0.229. The number of nitrogens with zero attached hydrogens (tertiary/aromatic N) is 2. The Labute approximate surface area is 128 Å². The molecular weight excluding hydrogens is 338 g/mol. The molecule has 0 aliphatic heterocycles. The van der Waals surface area contributed by atoms with Gasteiger partial charge in [-0.3, -0.25) is 0 Å². The predicted octanol–water partition coefficient (Wildman–Crippen LogP) is 4.39. The molecule has 20 heavy (non-hydrogen) atoms. The summed E-state index contributed by atoms with van der Waals surface area (Å²) in [7, 11) is 0. The first kappa shape index (κ1) is 13.3. The molecule has 2 aromatic heterocycles. The number of benzene rings is 1. The highest BCUT2D eigenvalue weighted by molar-refractivity contribution is 9.10. The first-order chi connectivity index (χ1) is 9.65. The van der Waals surface area contributed by atoms with E-state index in [0.717, 1.165) is 21.1 Å². The highest BCUT2D eigenvalue weighted by atomic mass is 79.9. The molecule has 0 atom stereocenters. The number of fused-ring (bicyclic) bond motifs is 1. The van der Waals surface area contributed by atoms with Crippen LogP contribution in [0.1, 0.15) is 11.8 Å². The summed E-state index contributed by atoms with van der Waals surface area (Å²) < 4.78 is 6.81. The van der Waals surface area contributed by atoms with Gasteiger partial charge >= 0.3 is 0 Å². The number of hydrogen-bond donors (Lipinski definition) is 1. The molecule has 0 saturated carbocycles. The van der Waals surface area contributed by atoms with Crippen LogP contribution in [0.15, 0.2) is 34.8 Å². The van der Waals surface area contributed by atoms with Crippen LogP contribution in [-0.4, -0.2) is 9.97 Å². The van der Waals surface area contributed by atoms with E-state index >= 15 is 0 Å². The molecule has 2 N–H and O–H groups in total. The summed E-state index contributed by atoms with van der Waals surface area (Å²) in [5.41, 5.74) is 5.75.